The van der Waals surface area contributed by atoms with E-state index < -0.39 is 5.25 Å². The third-order valence-electron chi connectivity index (χ3n) is 3.50. The molecule has 0 fully saturated rings. The third-order valence-corrected chi connectivity index (χ3v) is 4.76. The molecule has 1 amide bonds. The van der Waals surface area contributed by atoms with Crippen molar-refractivity contribution in [2.45, 2.75) is 17.3 Å². The van der Waals surface area contributed by atoms with Gasteiger partial charge in [-0.25, -0.2) is 9.97 Å². The van der Waals surface area contributed by atoms with Gasteiger partial charge < -0.3 is 10.1 Å². The van der Waals surface area contributed by atoms with Gasteiger partial charge in [0.05, 0.1) is 18.0 Å². The molecule has 9 heteroatoms. The van der Waals surface area contributed by atoms with E-state index in [0.717, 1.165) is 11.3 Å². The number of carbonyl (C=O) groups is 1. The number of benzene rings is 1. The lowest BCUT2D eigenvalue weighted by Gasteiger charge is -2.10. The van der Waals surface area contributed by atoms with E-state index in [1.807, 2.05) is 24.3 Å². The Bertz CT molecular complexity index is 900. The number of hydrogen-bond donors (Lipinski definition) is 2. The number of halogens is 1. The number of ether oxygens (including phenoxy) is 1. The molecule has 2 aromatic heterocycles. The summed E-state index contributed by atoms with van der Waals surface area (Å²) in [7, 11) is 1.61. The average molecular weight is 390 g/mol. The molecule has 3 rings (SSSR count). The molecular weight excluding hydrogens is 374 g/mol. The van der Waals surface area contributed by atoms with Crippen LogP contribution in [0.4, 0.5) is 5.69 Å². The standard InChI is InChI=1S/C17H16ClN5O2S/c1-10(16(24)20-13-4-3-9-19-14(13)18)26-17-21-15(22-23-17)11-5-7-12(25-2)8-6-11/h3-10H,1-2H3,(H,20,24)(H,21,22,23)/t10-/m0/s1. The Labute approximate surface area is 159 Å². The Morgan fingerprint density at radius 1 is 1.31 bits per heavy atom. The molecule has 0 bridgehead atoms. The highest BCUT2D eigenvalue weighted by atomic mass is 35.5. The van der Waals surface area contributed by atoms with Gasteiger partial charge in [-0.3, -0.25) is 9.89 Å². The second kappa shape index (κ2) is 8.20. The maximum Gasteiger partial charge on any atom is 0.237 e. The monoisotopic (exact) mass is 389 g/mol. The normalized spacial score (nSPS) is 11.8. The first-order chi connectivity index (χ1) is 12.6. The van der Waals surface area contributed by atoms with Crippen LogP contribution in [0.25, 0.3) is 11.4 Å². The lowest BCUT2D eigenvalue weighted by Crippen LogP contribution is -2.22. The van der Waals surface area contributed by atoms with Crippen molar-refractivity contribution in [1.29, 1.82) is 0 Å². The lowest BCUT2D eigenvalue weighted by atomic mass is 10.2. The molecule has 0 saturated heterocycles. The molecule has 0 aliphatic carbocycles. The van der Waals surface area contributed by atoms with Crippen LogP contribution in [0.2, 0.25) is 5.15 Å². The number of aromatic nitrogens is 4. The molecule has 0 saturated carbocycles. The van der Waals surface area contributed by atoms with Crippen LogP contribution in [0.3, 0.4) is 0 Å². The van der Waals surface area contributed by atoms with Crippen molar-refractivity contribution in [3.63, 3.8) is 0 Å². The Hall–Kier alpha value is -2.58. The summed E-state index contributed by atoms with van der Waals surface area (Å²) in [5.74, 6) is 1.18. The number of thioether (sulfide) groups is 1. The molecule has 0 aliphatic heterocycles. The lowest BCUT2D eigenvalue weighted by molar-refractivity contribution is -0.115. The molecular formula is C17H16ClN5O2S. The summed E-state index contributed by atoms with van der Waals surface area (Å²) in [4.78, 5) is 20.7. The van der Waals surface area contributed by atoms with Crippen LogP contribution < -0.4 is 10.1 Å². The molecule has 134 valence electrons. The molecule has 1 aromatic carbocycles. The van der Waals surface area contributed by atoms with Gasteiger partial charge in [0.2, 0.25) is 11.1 Å². The van der Waals surface area contributed by atoms with E-state index in [0.29, 0.717) is 16.7 Å². The number of anilines is 1. The first kappa shape index (κ1) is 18.2. The highest BCUT2D eigenvalue weighted by molar-refractivity contribution is 8.00. The van der Waals surface area contributed by atoms with Gasteiger partial charge in [-0.2, -0.15) is 0 Å². The number of hydrogen-bond acceptors (Lipinski definition) is 6. The van der Waals surface area contributed by atoms with Crippen molar-refractivity contribution in [2.75, 3.05) is 12.4 Å². The van der Waals surface area contributed by atoms with Crippen molar-refractivity contribution >= 4 is 35.0 Å². The molecule has 2 N–H and O–H groups in total. The van der Waals surface area contributed by atoms with Gasteiger partial charge in [-0.1, -0.05) is 23.4 Å². The van der Waals surface area contributed by atoms with Crippen LogP contribution >= 0.6 is 23.4 Å². The summed E-state index contributed by atoms with van der Waals surface area (Å²) >= 11 is 7.20. The molecule has 0 aliphatic rings. The number of H-pyrrole nitrogens is 1. The minimum atomic E-state index is -0.411. The van der Waals surface area contributed by atoms with E-state index in [4.69, 9.17) is 16.3 Å². The van der Waals surface area contributed by atoms with Crippen molar-refractivity contribution in [1.82, 2.24) is 20.2 Å². The van der Waals surface area contributed by atoms with Gasteiger partial charge in [0.25, 0.3) is 0 Å². The smallest absolute Gasteiger partial charge is 0.237 e. The number of pyridine rings is 1. The van der Waals surface area contributed by atoms with E-state index in [2.05, 4.69) is 25.5 Å². The molecule has 0 unspecified atom stereocenters. The zero-order valence-corrected chi connectivity index (χ0v) is 15.6. The molecule has 3 aromatic rings. The van der Waals surface area contributed by atoms with Gasteiger partial charge in [-0.15, -0.1) is 5.10 Å². The molecule has 1 atom stereocenters. The summed E-state index contributed by atoms with van der Waals surface area (Å²) < 4.78 is 5.14. The van der Waals surface area contributed by atoms with Crippen molar-refractivity contribution in [3.05, 3.63) is 47.7 Å². The SMILES string of the molecule is COc1ccc(-c2nc(S[C@@H](C)C(=O)Nc3cccnc3Cl)n[nH]2)cc1. The predicted molar refractivity (Wildman–Crippen MR) is 102 cm³/mol. The number of amides is 1. The Kier molecular flexibility index (Phi) is 5.75. The topological polar surface area (TPSA) is 92.8 Å². The summed E-state index contributed by atoms with van der Waals surface area (Å²) in [5.41, 5.74) is 1.35. The number of nitrogens with zero attached hydrogens (tertiary/aromatic N) is 3. The highest BCUT2D eigenvalue weighted by Gasteiger charge is 2.18. The Balaban J connectivity index is 1.64. The van der Waals surface area contributed by atoms with E-state index in [1.165, 1.54) is 11.8 Å². The van der Waals surface area contributed by atoms with Gasteiger partial charge >= 0.3 is 0 Å². The van der Waals surface area contributed by atoms with E-state index in [9.17, 15) is 4.79 Å². The molecule has 26 heavy (non-hydrogen) atoms. The summed E-state index contributed by atoms with van der Waals surface area (Å²) in [6.07, 6.45) is 1.56. The Morgan fingerprint density at radius 3 is 2.77 bits per heavy atom. The fourth-order valence-electron chi connectivity index (χ4n) is 2.10. The first-order valence-corrected chi connectivity index (χ1v) is 8.97. The van der Waals surface area contributed by atoms with Crippen LogP contribution in [0.5, 0.6) is 5.75 Å². The quantitative estimate of drug-likeness (QED) is 0.493. The molecule has 0 spiro atoms. The predicted octanol–water partition coefficient (Wildman–Crippen LogP) is 3.65. The van der Waals surface area contributed by atoms with Crippen LogP contribution in [0.15, 0.2) is 47.8 Å². The number of nitrogens with one attached hydrogen (secondary N) is 2. The van der Waals surface area contributed by atoms with Gasteiger partial charge in [0.15, 0.2) is 11.0 Å². The van der Waals surface area contributed by atoms with Crippen molar-refractivity contribution in [2.24, 2.45) is 0 Å². The van der Waals surface area contributed by atoms with E-state index in [1.54, 1.807) is 32.4 Å². The highest BCUT2D eigenvalue weighted by Crippen LogP contribution is 2.25. The van der Waals surface area contributed by atoms with Crippen LogP contribution in [-0.4, -0.2) is 38.4 Å². The number of rotatable bonds is 6. The van der Waals surface area contributed by atoms with Crippen molar-refractivity contribution < 1.29 is 9.53 Å². The fraction of sp³-hybridized carbons (Fsp3) is 0.176. The second-order valence-corrected chi connectivity index (χ2v) is 6.95. The van der Waals surface area contributed by atoms with E-state index >= 15 is 0 Å². The maximum atomic E-state index is 12.3. The van der Waals surface area contributed by atoms with Gasteiger partial charge in [0.1, 0.15) is 5.75 Å². The third kappa shape index (κ3) is 4.33. The van der Waals surface area contributed by atoms with E-state index in [-0.39, 0.29) is 11.1 Å². The summed E-state index contributed by atoms with van der Waals surface area (Å²) in [6.45, 7) is 1.77. The van der Waals surface area contributed by atoms with Gasteiger partial charge in [0, 0.05) is 11.8 Å². The summed E-state index contributed by atoms with van der Waals surface area (Å²) in [6, 6.07) is 10.9. The summed E-state index contributed by atoms with van der Waals surface area (Å²) in [5, 5.41) is 10.1. The first-order valence-electron chi connectivity index (χ1n) is 7.71. The maximum absolute atomic E-state index is 12.3. The second-order valence-electron chi connectivity index (χ2n) is 5.29. The average Bonchev–Trinajstić information content (AvgIpc) is 3.12. The van der Waals surface area contributed by atoms with Crippen LogP contribution in [0, 0.1) is 0 Å². The van der Waals surface area contributed by atoms with Crippen LogP contribution in [-0.2, 0) is 4.79 Å². The van der Waals surface area contributed by atoms with Crippen LogP contribution in [0.1, 0.15) is 6.92 Å². The Morgan fingerprint density at radius 2 is 2.08 bits per heavy atom. The number of methoxy groups -OCH3 is 1. The van der Waals surface area contributed by atoms with Crippen molar-refractivity contribution in [3.8, 4) is 17.1 Å². The molecule has 2 heterocycles. The fourth-order valence-corrected chi connectivity index (χ4v) is 2.99. The number of aromatic amines is 1. The minimum absolute atomic E-state index is 0.208. The van der Waals surface area contributed by atoms with Gasteiger partial charge in [-0.05, 0) is 43.3 Å². The minimum Gasteiger partial charge on any atom is -0.497 e. The molecule has 0 radical (unpaired) electrons. The molecule has 7 nitrogen and oxygen atoms in total. The zero-order chi connectivity index (χ0) is 18.5. The zero-order valence-electron chi connectivity index (χ0n) is 14.1. The number of carbonyl (C=O) groups excluding carboxylic acids is 1. The largest absolute Gasteiger partial charge is 0.497 e.